The van der Waals surface area contributed by atoms with E-state index in [1.807, 2.05) is 0 Å². The first-order valence-corrected chi connectivity index (χ1v) is 5.76. The molecule has 3 nitrogen and oxygen atoms in total. The van der Waals surface area contributed by atoms with Crippen molar-refractivity contribution in [2.45, 2.75) is 50.6 Å². The molecule has 1 N–H and O–H groups in total. The minimum Gasteiger partial charge on any atom is -0.354 e. The van der Waals surface area contributed by atoms with E-state index in [0.717, 1.165) is 12.6 Å². The molecular formula is C11H21ClN2O. The molecule has 0 spiro atoms. The molecule has 2 rings (SSSR count). The molecule has 2 aliphatic rings. The molecule has 15 heavy (non-hydrogen) atoms. The summed E-state index contributed by atoms with van der Waals surface area (Å²) in [4.78, 5) is 13.5. The molecule has 0 aromatic carbocycles. The Kier molecular flexibility index (Phi) is 4.87. The van der Waals surface area contributed by atoms with Crippen LogP contribution in [-0.2, 0) is 4.79 Å². The van der Waals surface area contributed by atoms with E-state index in [1.165, 1.54) is 32.1 Å². The number of carbonyl (C=O) groups excluding carboxylic acids is 1. The van der Waals surface area contributed by atoms with Gasteiger partial charge in [0.1, 0.15) is 0 Å². The first-order chi connectivity index (χ1) is 6.77. The maximum absolute atomic E-state index is 11.1. The molecule has 1 atom stereocenters. The molecule has 2 fully saturated rings. The van der Waals surface area contributed by atoms with Crippen molar-refractivity contribution in [1.29, 1.82) is 0 Å². The molecule has 1 amide bonds. The van der Waals surface area contributed by atoms with Gasteiger partial charge < -0.3 is 5.32 Å². The summed E-state index contributed by atoms with van der Waals surface area (Å²) < 4.78 is 0. The number of hydrogen-bond donors (Lipinski definition) is 1. The minimum atomic E-state index is 0. The molecular weight excluding hydrogens is 212 g/mol. The van der Waals surface area contributed by atoms with Crippen LogP contribution in [0.4, 0.5) is 0 Å². The van der Waals surface area contributed by atoms with Gasteiger partial charge in [0.2, 0.25) is 5.91 Å². The van der Waals surface area contributed by atoms with Gasteiger partial charge in [0, 0.05) is 25.0 Å². The quantitative estimate of drug-likeness (QED) is 0.784. The molecule has 0 aromatic rings. The summed E-state index contributed by atoms with van der Waals surface area (Å²) in [6, 6.07) is 1.17. The summed E-state index contributed by atoms with van der Waals surface area (Å²) >= 11 is 0. The van der Waals surface area contributed by atoms with Crippen molar-refractivity contribution >= 4 is 18.3 Å². The number of halogens is 1. The van der Waals surface area contributed by atoms with Gasteiger partial charge in [-0.15, -0.1) is 12.4 Å². The Morgan fingerprint density at radius 3 is 2.40 bits per heavy atom. The number of carbonyl (C=O) groups is 1. The molecule has 1 saturated heterocycles. The molecule has 0 bridgehead atoms. The van der Waals surface area contributed by atoms with E-state index in [9.17, 15) is 4.79 Å². The predicted molar refractivity (Wildman–Crippen MR) is 63.3 cm³/mol. The third-order valence-electron chi connectivity index (χ3n) is 3.68. The molecule has 1 aliphatic heterocycles. The van der Waals surface area contributed by atoms with Crippen LogP contribution in [0.5, 0.6) is 0 Å². The van der Waals surface area contributed by atoms with E-state index in [4.69, 9.17) is 0 Å². The van der Waals surface area contributed by atoms with Crippen LogP contribution < -0.4 is 5.32 Å². The SMILES string of the molecule is CN(C1CCCCC1)C1CNC(=O)C1.Cl. The number of likely N-dealkylation sites (N-methyl/N-ethyl adjacent to an activating group) is 1. The first kappa shape index (κ1) is 12.8. The second kappa shape index (κ2) is 5.71. The number of amides is 1. The highest BCUT2D eigenvalue weighted by Gasteiger charge is 2.29. The molecule has 1 aliphatic carbocycles. The van der Waals surface area contributed by atoms with E-state index in [2.05, 4.69) is 17.3 Å². The van der Waals surface area contributed by atoms with Crippen LogP contribution in [0.1, 0.15) is 38.5 Å². The maximum atomic E-state index is 11.1. The lowest BCUT2D eigenvalue weighted by Crippen LogP contribution is -2.42. The molecule has 1 saturated carbocycles. The Bertz CT molecular complexity index is 217. The van der Waals surface area contributed by atoms with Crippen LogP contribution in [0, 0.1) is 0 Å². The van der Waals surface area contributed by atoms with Gasteiger partial charge in [0.15, 0.2) is 0 Å². The standard InChI is InChI=1S/C11H20N2O.ClH/c1-13(9-5-3-2-4-6-9)10-7-11(14)12-8-10;/h9-10H,2-8H2,1H3,(H,12,14);1H. The number of nitrogens with zero attached hydrogens (tertiary/aromatic N) is 1. The normalized spacial score (nSPS) is 27.6. The summed E-state index contributed by atoms with van der Waals surface area (Å²) in [7, 11) is 2.18. The van der Waals surface area contributed by atoms with Crippen LogP contribution >= 0.6 is 12.4 Å². The van der Waals surface area contributed by atoms with Crippen molar-refractivity contribution in [3.05, 3.63) is 0 Å². The Morgan fingerprint density at radius 1 is 1.20 bits per heavy atom. The van der Waals surface area contributed by atoms with Gasteiger partial charge in [0.25, 0.3) is 0 Å². The zero-order chi connectivity index (χ0) is 9.97. The topological polar surface area (TPSA) is 32.3 Å². The second-order valence-electron chi connectivity index (χ2n) is 4.62. The largest absolute Gasteiger partial charge is 0.354 e. The van der Waals surface area contributed by atoms with E-state index in [1.54, 1.807) is 0 Å². The monoisotopic (exact) mass is 232 g/mol. The Balaban J connectivity index is 0.00000112. The van der Waals surface area contributed by atoms with Gasteiger partial charge >= 0.3 is 0 Å². The highest BCUT2D eigenvalue weighted by Crippen LogP contribution is 2.24. The predicted octanol–water partition coefficient (Wildman–Crippen LogP) is 1.56. The van der Waals surface area contributed by atoms with Gasteiger partial charge in [-0.1, -0.05) is 19.3 Å². The number of nitrogens with one attached hydrogen (secondary N) is 1. The van der Waals surface area contributed by atoms with E-state index in [0.29, 0.717) is 12.5 Å². The molecule has 1 unspecified atom stereocenters. The fraction of sp³-hybridized carbons (Fsp3) is 0.909. The highest BCUT2D eigenvalue weighted by atomic mass is 35.5. The van der Waals surface area contributed by atoms with Crippen molar-refractivity contribution in [3.63, 3.8) is 0 Å². The van der Waals surface area contributed by atoms with Crippen molar-refractivity contribution in [2.75, 3.05) is 13.6 Å². The zero-order valence-electron chi connectivity index (χ0n) is 9.37. The fourth-order valence-corrected chi connectivity index (χ4v) is 2.66. The second-order valence-corrected chi connectivity index (χ2v) is 4.62. The first-order valence-electron chi connectivity index (χ1n) is 5.76. The lowest BCUT2D eigenvalue weighted by atomic mass is 9.93. The van der Waals surface area contributed by atoms with Crippen LogP contribution in [0.2, 0.25) is 0 Å². The van der Waals surface area contributed by atoms with Crippen LogP contribution in [0.15, 0.2) is 0 Å². The maximum Gasteiger partial charge on any atom is 0.221 e. The van der Waals surface area contributed by atoms with Crippen LogP contribution in [0.25, 0.3) is 0 Å². The van der Waals surface area contributed by atoms with Crippen molar-refractivity contribution < 1.29 is 4.79 Å². The molecule has 88 valence electrons. The zero-order valence-corrected chi connectivity index (χ0v) is 10.2. The summed E-state index contributed by atoms with van der Waals surface area (Å²) in [5.74, 6) is 0.220. The minimum absolute atomic E-state index is 0. The fourth-order valence-electron chi connectivity index (χ4n) is 2.66. The highest BCUT2D eigenvalue weighted by molar-refractivity contribution is 5.85. The summed E-state index contributed by atoms with van der Waals surface area (Å²) in [5.41, 5.74) is 0. The molecule has 0 aromatic heterocycles. The summed E-state index contributed by atoms with van der Waals surface area (Å²) in [6.45, 7) is 0.853. The Morgan fingerprint density at radius 2 is 1.87 bits per heavy atom. The smallest absolute Gasteiger partial charge is 0.221 e. The average molecular weight is 233 g/mol. The Labute approximate surface area is 98.0 Å². The summed E-state index contributed by atoms with van der Waals surface area (Å²) in [5, 5.41) is 2.91. The van der Waals surface area contributed by atoms with Crippen molar-refractivity contribution in [1.82, 2.24) is 10.2 Å². The van der Waals surface area contributed by atoms with E-state index < -0.39 is 0 Å². The van der Waals surface area contributed by atoms with Gasteiger partial charge in [-0.05, 0) is 19.9 Å². The average Bonchev–Trinajstić information content (AvgIpc) is 2.65. The molecule has 4 heteroatoms. The summed E-state index contributed by atoms with van der Waals surface area (Å²) in [6.07, 6.45) is 7.47. The van der Waals surface area contributed by atoms with Crippen LogP contribution in [0.3, 0.4) is 0 Å². The number of rotatable bonds is 2. The molecule has 0 radical (unpaired) electrons. The lowest BCUT2D eigenvalue weighted by molar-refractivity contribution is -0.119. The van der Waals surface area contributed by atoms with Crippen LogP contribution in [-0.4, -0.2) is 36.5 Å². The van der Waals surface area contributed by atoms with Crippen molar-refractivity contribution in [2.24, 2.45) is 0 Å². The van der Waals surface area contributed by atoms with Crippen molar-refractivity contribution in [3.8, 4) is 0 Å². The van der Waals surface area contributed by atoms with Gasteiger partial charge in [-0.2, -0.15) is 0 Å². The van der Waals surface area contributed by atoms with E-state index >= 15 is 0 Å². The van der Waals surface area contributed by atoms with Gasteiger partial charge in [-0.25, -0.2) is 0 Å². The third-order valence-corrected chi connectivity index (χ3v) is 3.68. The Hall–Kier alpha value is -0.280. The van der Waals surface area contributed by atoms with Gasteiger partial charge in [-0.3, -0.25) is 9.69 Å². The van der Waals surface area contributed by atoms with Gasteiger partial charge in [0.05, 0.1) is 0 Å². The number of hydrogen-bond acceptors (Lipinski definition) is 2. The molecule has 1 heterocycles. The lowest BCUT2D eigenvalue weighted by Gasteiger charge is -2.34. The third kappa shape index (κ3) is 3.08. The van der Waals surface area contributed by atoms with E-state index in [-0.39, 0.29) is 18.3 Å².